The second-order valence-corrected chi connectivity index (χ2v) is 5.64. The van der Waals surface area contributed by atoms with Gasteiger partial charge in [-0.2, -0.15) is 0 Å². The van der Waals surface area contributed by atoms with Gasteiger partial charge in [-0.1, -0.05) is 13.0 Å². The smallest absolute Gasteiger partial charge is 0.188 e. The summed E-state index contributed by atoms with van der Waals surface area (Å²) in [4.78, 5) is 4.35. The molecule has 0 spiro atoms. The van der Waals surface area contributed by atoms with Crippen LogP contribution >= 0.6 is 24.0 Å². The van der Waals surface area contributed by atoms with Crippen molar-refractivity contribution in [2.45, 2.75) is 51.7 Å². The number of guanidine groups is 1. The van der Waals surface area contributed by atoms with Crippen LogP contribution in [-0.4, -0.2) is 25.7 Å². The van der Waals surface area contributed by atoms with Crippen molar-refractivity contribution in [3.63, 3.8) is 0 Å². The van der Waals surface area contributed by atoms with E-state index in [1.807, 2.05) is 18.2 Å². The van der Waals surface area contributed by atoms with Crippen LogP contribution < -0.4 is 20.5 Å². The van der Waals surface area contributed by atoms with Crippen LogP contribution in [-0.2, 0) is 6.54 Å². The summed E-state index contributed by atoms with van der Waals surface area (Å²) in [5.74, 6) is 2.06. The Hall–Kier alpha value is -1.18. The highest BCUT2D eigenvalue weighted by molar-refractivity contribution is 14.0. The fraction of sp³-hybridized carbons (Fsp3) is 0.588. The van der Waals surface area contributed by atoms with E-state index in [4.69, 9.17) is 15.2 Å². The first kappa shape index (κ1) is 19.9. The number of benzene rings is 1. The maximum Gasteiger partial charge on any atom is 0.188 e. The molecule has 1 aliphatic carbocycles. The van der Waals surface area contributed by atoms with Crippen molar-refractivity contribution in [1.82, 2.24) is 5.32 Å². The number of ether oxygens (including phenoxy) is 2. The number of methoxy groups -OCH3 is 1. The molecule has 0 aromatic heterocycles. The number of aliphatic imine (C=N–C) groups is 1. The normalized spacial score (nSPS) is 15.1. The predicted octanol–water partition coefficient (Wildman–Crippen LogP) is 3.45. The largest absolute Gasteiger partial charge is 0.493 e. The van der Waals surface area contributed by atoms with Crippen LogP contribution in [0.1, 0.15) is 44.6 Å². The molecule has 1 aromatic carbocycles. The summed E-state index contributed by atoms with van der Waals surface area (Å²) in [6.45, 7) is 3.47. The van der Waals surface area contributed by atoms with Crippen molar-refractivity contribution < 1.29 is 9.47 Å². The van der Waals surface area contributed by atoms with Gasteiger partial charge in [-0.05, 0) is 49.8 Å². The van der Waals surface area contributed by atoms with Gasteiger partial charge in [-0.25, -0.2) is 4.99 Å². The third-order valence-electron chi connectivity index (χ3n) is 3.81. The van der Waals surface area contributed by atoms with Gasteiger partial charge in [-0.3, -0.25) is 0 Å². The van der Waals surface area contributed by atoms with Gasteiger partial charge in [0.05, 0.1) is 19.8 Å². The molecule has 1 saturated carbocycles. The monoisotopic (exact) mass is 433 g/mol. The Labute approximate surface area is 156 Å². The zero-order chi connectivity index (χ0) is 15.8. The highest BCUT2D eigenvalue weighted by Crippen LogP contribution is 2.32. The Morgan fingerprint density at radius 3 is 2.70 bits per heavy atom. The van der Waals surface area contributed by atoms with Crippen molar-refractivity contribution in [2.75, 3.05) is 13.7 Å². The number of nitrogens with zero attached hydrogens (tertiary/aromatic N) is 1. The molecule has 0 bridgehead atoms. The summed E-state index contributed by atoms with van der Waals surface area (Å²) in [5, 5.41) is 3.07. The minimum Gasteiger partial charge on any atom is -0.493 e. The molecule has 1 aromatic rings. The summed E-state index contributed by atoms with van der Waals surface area (Å²) in [6, 6.07) is 5.94. The zero-order valence-electron chi connectivity index (χ0n) is 14.0. The molecule has 23 heavy (non-hydrogen) atoms. The van der Waals surface area contributed by atoms with E-state index in [-0.39, 0.29) is 24.0 Å². The molecule has 2 rings (SSSR count). The summed E-state index contributed by atoms with van der Waals surface area (Å²) in [5.41, 5.74) is 6.88. The van der Waals surface area contributed by atoms with Crippen LogP contribution in [0.2, 0.25) is 0 Å². The average Bonchev–Trinajstić information content (AvgIpc) is 3.04. The van der Waals surface area contributed by atoms with E-state index < -0.39 is 0 Å². The fourth-order valence-electron chi connectivity index (χ4n) is 2.58. The van der Waals surface area contributed by atoms with E-state index in [9.17, 15) is 0 Å². The van der Waals surface area contributed by atoms with E-state index in [0.717, 1.165) is 42.9 Å². The van der Waals surface area contributed by atoms with Gasteiger partial charge in [-0.15, -0.1) is 24.0 Å². The third-order valence-corrected chi connectivity index (χ3v) is 3.81. The van der Waals surface area contributed by atoms with Crippen molar-refractivity contribution in [3.8, 4) is 11.5 Å². The standard InChI is InChI=1S/C17H27N3O2.HI/c1-3-10-19-17(18)20-12-13-8-9-15(21-2)16(11-13)22-14-6-4-5-7-14;/h8-9,11,14H,3-7,10,12H2,1-2H3,(H3,18,19,20);1H. The second-order valence-electron chi connectivity index (χ2n) is 5.64. The first-order chi connectivity index (χ1) is 10.7. The number of nitrogens with one attached hydrogen (secondary N) is 1. The molecular weight excluding hydrogens is 405 g/mol. The minimum atomic E-state index is 0. The van der Waals surface area contributed by atoms with E-state index in [0.29, 0.717) is 18.6 Å². The molecule has 130 valence electrons. The molecule has 6 heteroatoms. The first-order valence-electron chi connectivity index (χ1n) is 8.10. The Kier molecular flexibility index (Phi) is 9.13. The minimum absolute atomic E-state index is 0. The van der Waals surface area contributed by atoms with Gasteiger partial charge in [0.15, 0.2) is 17.5 Å². The number of rotatable bonds is 7. The SMILES string of the molecule is CCCNC(N)=NCc1ccc(OC)c(OC2CCCC2)c1.I. The maximum absolute atomic E-state index is 6.09. The van der Waals surface area contributed by atoms with Crippen molar-refractivity contribution >= 4 is 29.9 Å². The zero-order valence-corrected chi connectivity index (χ0v) is 16.3. The molecule has 1 aliphatic rings. The molecule has 5 nitrogen and oxygen atoms in total. The molecule has 0 unspecified atom stereocenters. The summed E-state index contributed by atoms with van der Waals surface area (Å²) in [6.07, 6.45) is 6.08. The molecule has 1 fully saturated rings. The quantitative estimate of drug-likeness (QED) is 0.393. The maximum atomic E-state index is 6.09. The number of nitrogens with two attached hydrogens (primary N) is 1. The van der Waals surface area contributed by atoms with Crippen molar-refractivity contribution in [3.05, 3.63) is 23.8 Å². The van der Waals surface area contributed by atoms with Crippen LogP contribution in [0.3, 0.4) is 0 Å². The lowest BCUT2D eigenvalue weighted by atomic mass is 10.2. The van der Waals surface area contributed by atoms with Gasteiger partial charge < -0.3 is 20.5 Å². The molecule has 0 aliphatic heterocycles. The van der Waals surface area contributed by atoms with Gasteiger partial charge in [0, 0.05) is 6.54 Å². The van der Waals surface area contributed by atoms with Crippen LogP contribution in [0.15, 0.2) is 23.2 Å². The van der Waals surface area contributed by atoms with Gasteiger partial charge in [0.25, 0.3) is 0 Å². The van der Waals surface area contributed by atoms with E-state index >= 15 is 0 Å². The summed E-state index contributed by atoms with van der Waals surface area (Å²) >= 11 is 0. The first-order valence-corrected chi connectivity index (χ1v) is 8.10. The third kappa shape index (κ3) is 6.45. The molecular formula is C17H28IN3O2. The summed E-state index contributed by atoms with van der Waals surface area (Å²) < 4.78 is 11.5. The van der Waals surface area contributed by atoms with Crippen LogP contribution in [0.4, 0.5) is 0 Å². The Morgan fingerprint density at radius 2 is 2.04 bits per heavy atom. The lowest BCUT2D eigenvalue weighted by Gasteiger charge is -2.16. The second kappa shape index (κ2) is 10.6. The van der Waals surface area contributed by atoms with E-state index in [2.05, 4.69) is 17.2 Å². The van der Waals surface area contributed by atoms with Crippen LogP contribution in [0, 0.1) is 0 Å². The van der Waals surface area contributed by atoms with Gasteiger partial charge in [0.1, 0.15) is 0 Å². The molecule has 0 heterocycles. The Balaban J connectivity index is 0.00000264. The number of hydrogen-bond donors (Lipinski definition) is 2. The molecule has 0 radical (unpaired) electrons. The van der Waals surface area contributed by atoms with E-state index in [1.54, 1.807) is 7.11 Å². The molecule has 0 atom stereocenters. The van der Waals surface area contributed by atoms with Gasteiger partial charge in [0.2, 0.25) is 0 Å². The predicted molar refractivity (Wildman–Crippen MR) is 105 cm³/mol. The topological polar surface area (TPSA) is 68.9 Å². The van der Waals surface area contributed by atoms with Crippen LogP contribution in [0.25, 0.3) is 0 Å². The highest BCUT2D eigenvalue weighted by atomic mass is 127. The summed E-state index contributed by atoms with van der Waals surface area (Å²) in [7, 11) is 1.67. The number of hydrogen-bond acceptors (Lipinski definition) is 3. The van der Waals surface area contributed by atoms with Gasteiger partial charge >= 0.3 is 0 Å². The lowest BCUT2D eigenvalue weighted by Crippen LogP contribution is -2.32. The fourth-order valence-corrected chi connectivity index (χ4v) is 2.58. The van der Waals surface area contributed by atoms with Crippen molar-refractivity contribution in [1.29, 1.82) is 0 Å². The number of halogens is 1. The highest BCUT2D eigenvalue weighted by Gasteiger charge is 2.18. The molecule has 3 N–H and O–H groups in total. The molecule has 0 saturated heterocycles. The molecule has 0 amide bonds. The van der Waals surface area contributed by atoms with E-state index in [1.165, 1.54) is 12.8 Å². The Morgan fingerprint density at radius 1 is 1.30 bits per heavy atom. The van der Waals surface area contributed by atoms with Crippen LogP contribution in [0.5, 0.6) is 11.5 Å². The lowest BCUT2D eigenvalue weighted by molar-refractivity contribution is 0.200. The van der Waals surface area contributed by atoms with Crippen molar-refractivity contribution in [2.24, 2.45) is 10.7 Å². The average molecular weight is 433 g/mol. The Bertz CT molecular complexity index is 503.